The van der Waals surface area contributed by atoms with Crippen molar-refractivity contribution >= 4 is 47.2 Å². The molecule has 3 aliphatic rings. The topological polar surface area (TPSA) is 99.1 Å². The Kier molecular flexibility index (Phi) is 10.1. The van der Waals surface area contributed by atoms with E-state index in [9.17, 15) is 14.4 Å². The molecule has 0 bridgehead atoms. The van der Waals surface area contributed by atoms with Crippen LogP contribution in [0.3, 0.4) is 0 Å². The molecule has 0 spiro atoms. The van der Waals surface area contributed by atoms with Crippen molar-refractivity contribution in [2.24, 2.45) is 22.7 Å². The van der Waals surface area contributed by atoms with Gasteiger partial charge in [-0.25, -0.2) is 0 Å². The Morgan fingerprint density at radius 1 is 1.02 bits per heavy atom. The van der Waals surface area contributed by atoms with Crippen LogP contribution in [0, 0.1) is 17.8 Å². The number of hydrogen-bond acceptors (Lipinski definition) is 4. The van der Waals surface area contributed by atoms with Gasteiger partial charge in [0.25, 0.3) is 5.91 Å². The maximum absolute atomic E-state index is 13.2. The van der Waals surface area contributed by atoms with E-state index in [-0.39, 0.29) is 18.4 Å². The molecule has 5 rings (SSSR count). The Hall–Kier alpha value is -2.90. The van der Waals surface area contributed by atoms with Crippen molar-refractivity contribution in [3.8, 4) is 0 Å². The van der Waals surface area contributed by atoms with Crippen LogP contribution < -0.4 is 5.32 Å². The van der Waals surface area contributed by atoms with Gasteiger partial charge in [0.2, 0.25) is 6.41 Å². The normalized spacial score (nSPS) is 24.5. The van der Waals surface area contributed by atoms with E-state index in [4.69, 9.17) is 33.3 Å². The summed E-state index contributed by atoms with van der Waals surface area (Å²) in [5, 5.41) is 12.7. The smallest absolute Gasteiger partial charge is 0.303 e. The minimum atomic E-state index is -0.880. The molecule has 43 heavy (non-hydrogen) atoms. The predicted octanol–water partition coefficient (Wildman–Crippen LogP) is 7.69. The van der Waals surface area contributed by atoms with Crippen molar-refractivity contribution in [2.45, 2.75) is 89.3 Å². The van der Waals surface area contributed by atoms with Gasteiger partial charge in [0.05, 0.1) is 6.04 Å². The van der Waals surface area contributed by atoms with Crippen LogP contribution in [0.25, 0.3) is 0 Å². The van der Waals surface area contributed by atoms with Crippen LogP contribution in [0.4, 0.5) is 0 Å². The lowest BCUT2D eigenvalue weighted by atomic mass is 9.66. The van der Waals surface area contributed by atoms with Crippen LogP contribution in [0.15, 0.2) is 47.5 Å². The Labute approximate surface area is 264 Å². The number of carboxylic acids is 1. The fourth-order valence-electron chi connectivity index (χ4n) is 7.27. The maximum atomic E-state index is 13.2. The highest BCUT2D eigenvalue weighted by atomic mass is 35.5. The molecule has 2 N–H and O–H groups in total. The van der Waals surface area contributed by atoms with Gasteiger partial charge in [-0.3, -0.25) is 19.4 Å². The first-order valence-corrected chi connectivity index (χ1v) is 16.3. The summed E-state index contributed by atoms with van der Waals surface area (Å²) in [7, 11) is 0. The SMILES string of the molecule is C/C(=N\C1(N(C=O)C(c2ccc(C(=O)NCCCC(=O)O)cc2)C2CC2)CCC2CCCCC2C1)c1cc(Cl)cc(Cl)c1. The van der Waals surface area contributed by atoms with Gasteiger partial charge >= 0.3 is 5.97 Å². The molecule has 4 atom stereocenters. The first-order valence-electron chi connectivity index (χ1n) is 15.6. The number of aliphatic imine (C=N–C) groups is 1. The summed E-state index contributed by atoms with van der Waals surface area (Å²) >= 11 is 12.7. The highest BCUT2D eigenvalue weighted by molar-refractivity contribution is 6.35. The number of amides is 2. The molecule has 0 saturated heterocycles. The van der Waals surface area contributed by atoms with Gasteiger partial charge in [0.1, 0.15) is 5.66 Å². The number of carbonyl (C=O) groups is 3. The number of nitrogens with zero attached hydrogens (tertiary/aromatic N) is 2. The fourth-order valence-corrected chi connectivity index (χ4v) is 7.80. The lowest BCUT2D eigenvalue weighted by Gasteiger charge is -2.51. The van der Waals surface area contributed by atoms with Gasteiger partial charge in [0, 0.05) is 34.3 Å². The largest absolute Gasteiger partial charge is 0.481 e. The molecule has 3 saturated carbocycles. The molecule has 0 aliphatic heterocycles. The van der Waals surface area contributed by atoms with E-state index in [2.05, 4.69) is 5.32 Å². The second-order valence-corrected chi connectivity index (χ2v) is 13.4. The summed E-state index contributed by atoms with van der Waals surface area (Å²) in [6, 6.07) is 12.8. The molecule has 7 nitrogen and oxygen atoms in total. The van der Waals surface area contributed by atoms with E-state index in [1.165, 1.54) is 25.7 Å². The summed E-state index contributed by atoms with van der Waals surface area (Å²) in [4.78, 5) is 44.1. The van der Waals surface area contributed by atoms with Crippen LogP contribution in [-0.2, 0) is 9.59 Å². The Morgan fingerprint density at radius 3 is 2.33 bits per heavy atom. The van der Waals surface area contributed by atoms with E-state index in [0.29, 0.717) is 46.3 Å². The zero-order valence-electron chi connectivity index (χ0n) is 24.7. The van der Waals surface area contributed by atoms with E-state index in [1.54, 1.807) is 18.2 Å². The summed E-state index contributed by atoms with van der Waals surface area (Å²) in [6.07, 6.45) is 11.1. The Balaban J connectivity index is 1.46. The summed E-state index contributed by atoms with van der Waals surface area (Å²) in [5.41, 5.74) is 2.49. The molecule has 9 heteroatoms. The number of carboxylic acid groups (broad SMARTS) is 1. The number of nitrogens with one attached hydrogen (secondary N) is 1. The van der Waals surface area contributed by atoms with Crippen LogP contribution in [0.2, 0.25) is 10.0 Å². The average Bonchev–Trinajstić information content (AvgIpc) is 3.82. The van der Waals surface area contributed by atoms with Crippen molar-refractivity contribution in [1.82, 2.24) is 10.2 Å². The minimum Gasteiger partial charge on any atom is -0.481 e. The van der Waals surface area contributed by atoms with Crippen LogP contribution >= 0.6 is 23.2 Å². The average molecular weight is 627 g/mol. The van der Waals surface area contributed by atoms with Gasteiger partial charge in [-0.05, 0) is 105 Å². The Morgan fingerprint density at radius 2 is 1.70 bits per heavy atom. The first kappa shape index (κ1) is 31.5. The third kappa shape index (κ3) is 7.61. The molecule has 0 heterocycles. The van der Waals surface area contributed by atoms with E-state index < -0.39 is 11.6 Å². The minimum absolute atomic E-state index is 0.0134. The lowest BCUT2D eigenvalue weighted by molar-refractivity contribution is -0.137. The van der Waals surface area contributed by atoms with Crippen molar-refractivity contribution in [3.63, 3.8) is 0 Å². The second kappa shape index (κ2) is 13.8. The third-order valence-corrected chi connectivity index (χ3v) is 9.99. The molecular formula is C34H41Cl2N3O4. The van der Waals surface area contributed by atoms with Gasteiger partial charge < -0.3 is 15.3 Å². The predicted molar refractivity (Wildman–Crippen MR) is 170 cm³/mol. The summed E-state index contributed by atoms with van der Waals surface area (Å²) in [5.74, 6) is 0.420. The van der Waals surface area contributed by atoms with Crippen molar-refractivity contribution in [2.75, 3.05) is 6.54 Å². The number of rotatable bonds is 12. The van der Waals surface area contributed by atoms with Gasteiger partial charge in [0.15, 0.2) is 0 Å². The number of aliphatic carboxylic acids is 1. The second-order valence-electron chi connectivity index (χ2n) is 12.6. The fraction of sp³-hybridized carbons (Fsp3) is 0.529. The molecule has 2 amide bonds. The van der Waals surface area contributed by atoms with Gasteiger partial charge in [-0.15, -0.1) is 0 Å². The molecule has 0 aromatic heterocycles. The molecule has 0 radical (unpaired) electrons. The monoisotopic (exact) mass is 625 g/mol. The van der Waals surface area contributed by atoms with Gasteiger partial charge in [-0.1, -0.05) is 61.0 Å². The standard InChI is InChI=1S/C34H41Cl2N3O4/c1-22(28-17-29(35)19-30(36)18-28)38-34(15-14-23-5-2-3-6-27(23)20-34)39(21-40)32(24-8-9-24)25-10-12-26(13-11-25)33(43)37-16-4-7-31(41)42/h10-13,17-19,21,23-24,27,32H,2-9,14-16,20H2,1H3,(H,37,43)(H,41,42)/b38-22+. The zero-order chi connectivity index (χ0) is 30.6. The Bertz CT molecular complexity index is 1340. The highest BCUT2D eigenvalue weighted by Gasteiger charge is 2.50. The third-order valence-electron chi connectivity index (χ3n) is 9.56. The highest BCUT2D eigenvalue weighted by Crippen LogP contribution is 2.53. The van der Waals surface area contributed by atoms with Crippen molar-refractivity contribution in [1.29, 1.82) is 0 Å². The number of hydrogen-bond donors (Lipinski definition) is 2. The number of benzene rings is 2. The summed E-state index contributed by atoms with van der Waals surface area (Å²) in [6.45, 7) is 2.28. The molecule has 3 aliphatic carbocycles. The van der Waals surface area contributed by atoms with Crippen LogP contribution in [0.1, 0.15) is 105 Å². The summed E-state index contributed by atoms with van der Waals surface area (Å²) < 4.78 is 0. The quantitative estimate of drug-likeness (QED) is 0.143. The molecular weight excluding hydrogens is 585 g/mol. The van der Waals surface area contributed by atoms with Gasteiger partial charge in [-0.2, -0.15) is 0 Å². The van der Waals surface area contributed by atoms with E-state index in [0.717, 1.165) is 55.4 Å². The van der Waals surface area contributed by atoms with Crippen LogP contribution in [-0.4, -0.2) is 46.2 Å². The number of halogens is 2. The first-order chi connectivity index (χ1) is 20.7. The molecule has 4 unspecified atom stereocenters. The number of fused-ring (bicyclic) bond motifs is 1. The van der Waals surface area contributed by atoms with Crippen molar-refractivity contribution < 1.29 is 19.5 Å². The molecule has 3 fully saturated rings. The number of carbonyl (C=O) groups excluding carboxylic acids is 2. The van der Waals surface area contributed by atoms with Crippen molar-refractivity contribution in [3.05, 3.63) is 69.2 Å². The molecule has 2 aromatic rings. The van der Waals surface area contributed by atoms with E-state index in [1.807, 2.05) is 36.1 Å². The van der Waals surface area contributed by atoms with E-state index >= 15 is 0 Å². The maximum Gasteiger partial charge on any atom is 0.303 e. The van der Waals surface area contributed by atoms with Crippen LogP contribution in [0.5, 0.6) is 0 Å². The molecule has 2 aromatic carbocycles. The molecule has 230 valence electrons. The zero-order valence-corrected chi connectivity index (χ0v) is 26.2. The lowest BCUT2D eigenvalue weighted by Crippen LogP contribution is -2.54.